The maximum absolute atomic E-state index is 12.4. The number of nitrogens with one attached hydrogen (secondary N) is 1. The predicted octanol–water partition coefficient (Wildman–Crippen LogP) is 2.39. The van der Waals surface area contributed by atoms with Gasteiger partial charge in [0.25, 0.3) is 0 Å². The molecule has 2 aliphatic heterocycles. The van der Waals surface area contributed by atoms with E-state index >= 15 is 0 Å². The number of hydrogen-bond donors (Lipinski definition) is 1. The highest BCUT2D eigenvalue weighted by Crippen LogP contribution is 2.28. The highest BCUT2D eigenvalue weighted by molar-refractivity contribution is 5.77. The first-order valence-corrected chi connectivity index (χ1v) is 7.86. The van der Waals surface area contributed by atoms with Crippen molar-refractivity contribution < 1.29 is 4.79 Å². The Bertz CT molecular complexity index is 440. The fraction of sp³-hybridized carbons (Fsp3) is 0.588. The summed E-state index contributed by atoms with van der Waals surface area (Å²) in [5, 5.41) is 3.39. The first-order chi connectivity index (χ1) is 9.83. The summed E-state index contributed by atoms with van der Waals surface area (Å²) >= 11 is 0. The fourth-order valence-electron chi connectivity index (χ4n) is 3.46. The highest BCUT2D eigenvalue weighted by atomic mass is 16.2. The molecule has 3 heteroatoms. The standard InChI is InChI=1S/C17H24N2O/c20-17(11-14-5-4-9-18-12-14)19-10-8-16(13-19)15-6-2-1-3-7-15/h1-3,6-7,14,16,18H,4-5,8-13H2. The van der Waals surface area contributed by atoms with Gasteiger partial charge in [-0.2, -0.15) is 0 Å². The van der Waals surface area contributed by atoms with Crippen LogP contribution in [-0.4, -0.2) is 37.0 Å². The summed E-state index contributed by atoms with van der Waals surface area (Å²) in [6, 6.07) is 10.6. The number of piperidine rings is 1. The maximum atomic E-state index is 12.4. The maximum Gasteiger partial charge on any atom is 0.222 e. The van der Waals surface area contributed by atoms with Gasteiger partial charge in [-0.15, -0.1) is 0 Å². The number of nitrogens with zero attached hydrogens (tertiary/aromatic N) is 1. The SMILES string of the molecule is O=C(CC1CCCNC1)N1CCC(c2ccccc2)C1. The molecular formula is C17H24N2O. The number of benzene rings is 1. The first-order valence-electron chi connectivity index (χ1n) is 7.86. The van der Waals surface area contributed by atoms with Crippen molar-refractivity contribution in [2.24, 2.45) is 5.92 Å². The lowest BCUT2D eigenvalue weighted by Crippen LogP contribution is -2.35. The number of carbonyl (C=O) groups is 1. The minimum atomic E-state index is 0.358. The molecule has 3 nitrogen and oxygen atoms in total. The van der Waals surface area contributed by atoms with Gasteiger partial charge in [0.1, 0.15) is 0 Å². The third-order valence-corrected chi connectivity index (χ3v) is 4.67. The average molecular weight is 272 g/mol. The molecule has 2 saturated heterocycles. The fourth-order valence-corrected chi connectivity index (χ4v) is 3.46. The van der Waals surface area contributed by atoms with Crippen LogP contribution in [0, 0.1) is 5.92 Å². The second-order valence-corrected chi connectivity index (χ2v) is 6.15. The second-order valence-electron chi connectivity index (χ2n) is 6.15. The Labute approximate surface area is 121 Å². The smallest absolute Gasteiger partial charge is 0.222 e. The molecule has 108 valence electrons. The zero-order valence-corrected chi connectivity index (χ0v) is 12.1. The predicted molar refractivity (Wildman–Crippen MR) is 80.6 cm³/mol. The number of carbonyl (C=O) groups excluding carboxylic acids is 1. The van der Waals surface area contributed by atoms with Gasteiger partial charge in [0.15, 0.2) is 0 Å². The molecule has 2 fully saturated rings. The molecule has 2 aliphatic rings. The Balaban J connectivity index is 1.53. The van der Waals surface area contributed by atoms with Gasteiger partial charge in [-0.05, 0) is 43.8 Å². The lowest BCUT2D eigenvalue weighted by atomic mass is 9.95. The van der Waals surface area contributed by atoms with E-state index in [1.54, 1.807) is 0 Å². The van der Waals surface area contributed by atoms with Crippen LogP contribution < -0.4 is 5.32 Å². The minimum absolute atomic E-state index is 0.358. The van der Waals surface area contributed by atoms with Crippen LogP contribution in [-0.2, 0) is 4.79 Å². The van der Waals surface area contributed by atoms with Gasteiger partial charge in [0, 0.05) is 25.4 Å². The molecule has 0 aliphatic carbocycles. The van der Waals surface area contributed by atoms with Crippen molar-refractivity contribution in [2.75, 3.05) is 26.2 Å². The van der Waals surface area contributed by atoms with Gasteiger partial charge in [-0.1, -0.05) is 30.3 Å². The lowest BCUT2D eigenvalue weighted by Gasteiger charge is -2.25. The topological polar surface area (TPSA) is 32.3 Å². The summed E-state index contributed by atoms with van der Waals surface area (Å²) in [6.45, 7) is 3.97. The average Bonchev–Trinajstić information content (AvgIpc) is 2.99. The van der Waals surface area contributed by atoms with E-state index < -0.39 is 0 Å². The van der Waals surface area contributed by atoms with Gasteiger partial charge >= 0.3 is 0 Å². The molecule has 1 N–H and O–H groups in total. The molecule has 20 heavy (non-hydrogen) atoms. The van der Waals surface area contributed by atoms with E-state index in [2.05, 4.69) is 40.5 Å². The van der Waals surface area contributed by atoms with E-state index in [1.807, 2.05) is 0 Å². The van der Waals surface area contributed by atoms with Crippen molar-refractivity contribution in [3.05, 3.63) is 35.9 Å². The summed E-state index contributed by atoms with van der Waals surface area (Å²) in [5.74, 6) is 1.44. The normalized spacial score (nSPS) is 26.7. The molecule has 1 aromatic rings. The lowest BCUT2D eigenvalue weighted by molar-refractivity contribution is -0.131. The van der Waals surface area contributed by atoms with E-state index in [1.165, 1.54) is 18.4 Å². The molecule has 3 rings (SSSR count). The van der Waals surface area contributed by atoms with Gasteiger partial charge in [0.05, 0.1) is 0 Å². The molecule has 2 heterocycles. The van der Waals surface area contributed by atoms with Crippen LogP contribution in [0.15, 0.2) is 30.3 Å². The van der Waals surface area contributed by atoms with Crippen molar-refractivity contribution in [1.82, 2.24) is 10.2 Å². The summed E-state index contributed by atoms with van der Waals surface area (Å²) in [6.07, 6.45) is 4.26. The number of likely N-dealkylation sites (tertiary alicyclic amines) is 1. The van der Waals surface area contributed by atoms with Gasteiger partial charge in [0.2, 0.25) is 5.91 Å². The number of hydrogen-bond acceptors (Lipinski definition) is 2. The number of rotatable bonds is 3. The zero-order chi connectivity index (χ0) is 13.8. The van der Waals surface area contributed by atoms with E-state index in [0.29, 0.717) is 17.7 Å². The van der Waals surface area contributed by atoms with E-state index in [9.17, 15) is 4.79 Å². The van der Waals surface area contributed by atoms with Crippen LogP contribution in [0.25, 0.3) is 0 Å². The van der Waals surface area contributed by atoms with E-state index in [-0.39, 0.29) is 0 Å². The number of amides is 1. The molecule has 0 spiro atoms. The van der Waals surface area contributed by atoms with Crippen LogP contribution >= 0.6 is 0 Å². The summed E-state index contributed by atoms with van der Waals surface area (Å²) < 4.78 is 0. The second kappa shape index (κ2) is 6.40. The molecule has 2 unspecified atom stereocenters. The molecule has 0 aromatic heterocycles. The van der Waals surface area contributed by atoms with Crippen molar-refractivity contribution >= 4 is 5.91 Å². The molecule has 1 aromatic carbocycles. The van der Waals surface area contributed by atoms with Crippen LogP contribution in [0.3, 0.4) is 0 Å². The Hall–Kier alpha value is -1.35. The third kappa shape index (κ3) is 3.21. The molecule has 2 atom stereocenters. The quantitative estimate of drug-likeness (QED) is 0.916. The van der Waals surface area contributed by atoms with Crippen molar-refractivity contribution in [1.29, 1.82) is 0 Å². The van der Waals surface area contributed by atoms with Crippen LogP contribution in [0.1, 0.15) is 37.2 Å². The minimum Gasteiger partial charge on any atom is -0.342 e. The first kappa shape index (κ1) is 13.6. The molecule has 1 amide bonds. The van der Waals surface area contributed by atoms with E-state index in [0.717, 1.165) is 39.0 Å². The van der Waals surface area contributed by atoms with Crippen molar-refractivity contribution in [2.45, 2.75) is 31.6 Å². The summed E-state index contributed by atoms with van der Waals surface area (Å²) in [7, 11) is 0. The Morgan fingerprint density at radius 3 is 2.85 bits per heavy atom. The molecule has 0 bridgehead atoms. The van der Waals surface area contributed by atoms with Crippen LogP contribution in [0.2, 0.25) is 0 Å². The van der Waals surface area contributed by atoms with Crippen molar-refractivity contribution in [3.63, 3.8) is 0 Å². The van der Waals surface area contributed by atoms with Gasteiger partial charge < -0.3 is 10.2 Å². The largest absolute Gasteiger partial charge is 0.342 e. The van der Waals surface area contributed by atoms with Crippen molar-refractivity contribution in [3.8, 4) is 0 Å². The molecule has 0 saturated carbocycles. The zero-order valence-electron chi connectivity index (χ0n) is 12.1. The van der Waals surface area contributed by atoms with E-state index in [4.69, 9.17) is 0 Å². The Morgan fingerprint density at radius 2 is 2.10 bits per heavy atom. The van der Waals surface area contributed by atoms with Crippen LogP contribution in [0.5, 0.6) is 0 Å². The third-order valence-electron chi connectivity index (χ3n) is 4.67. The summed E-state index contributed by atoms with van der Waals surface area (Å²) in [5.41, 5.74) is 1.38. The highest BCUT2D eigenvalue weighted by Gasteiger charge is 2.28. The molecular weight excluding hydrogens is 248 g/mol. The van der Waals surface area contributed by atoms with Gasteiger partial charge in [-0.3, -0.25) is 4.79 Å². The molecule has 0 radical (unpaired) electrons. The Kier molecular flexibility index (Phi) is 4.36. The summed E-state index contributed by atoms with van der Waals surface area (Å²) in [4.78, 5) is 14.5. The monoisotopic (exact) mass is 272 g/mol. The Morgan fingerprint density at radius 1 is 1.25 bits per heavy atom. The van der Waals surface area contributed by atoms with Crippen LogP contribution in [0.4, 0.5) is 0 Å². The van der Waals surface area contributed by atoms with Gasteiger partial charge in [-0.25, -0.2) is 0 Å².